The molecule has 0 aliphatic rings. The lowest BCUT2D eigenvalue weighted by Crippen LogP contribution is -2.10. The van der Waals surface area contributed by atoms with Crippen LogP contribution < -0.4 is 5.32 Å². The van der Waals surface area contributed by atoms with Gasteiger partial charge in [0.15, 0.2) is 5.13 Å². The number of thiazole rings is 1. The van der Waals surface area contributed by atoms with Crippen LogP contribution in [-0.2, 0) is 0 Å². The average molecular weight is 303 g/mol. The fraction of sp³-hybridized carbons (Fsp3) is 0.111. The van der Waals surface area contributed by atoms with Crippen molar-refractivity contribution in [1.29, 1.82) is 0 Å². The topological polar surface area (TPSA) is 42.0 Å². The average Bonchev–Trinajstić information content (AvgIpc) is 2.75. The molecule has 0 saturated heterocycles. The number of rotatable bonds is 2. The lowest BCUT2D eigenvalue weighted by atomic mass is 10.3. The van der Waals surface area contributed by atoms with Crippen LogP contribution >= 0.6 is 38.6 Å². The Morgan fingerprint density at radius 3 is 2.87 bits per heavy atom. The third-order valence-corrected chi connectivity index (χ3v) is 4.23. The van der Waals surface area contributed by atoms with Gasteiger partial charge in [-0.3, -0.25) is 10.1 Å². The molecule has 6 heteroatoms. The van der Waals surface area contributed by atoms with E-state index in [-0.39, 0.29) is 5.91 Å². The molecule has 0 unspecified atom stereocenters. The standard InChI is InChI=1S/C9H7BrN2OS2/c1-5-2-11-9(15-5)12-8(13)6-3-14-4-7(6)10/h2-4H,1H3,(H,11,12,13). The summed E-state index contributed by atoms with van der Waals surface area (Å²) in [7, 11) is 0. The van der Waals surface area contributed by atoms with Crippen molar-refractivity contribution in [2.24, 2.45) is 0 Å². The number of nitrogens with zero attached hydrogens (tertiary/aromatic N) is 1. The van der Waals surface area contributed by atoms with Gasteiger partial charge in [0, 0.05) is 26.3 Å². The van der Waals surface area contributed by atoms with Crippen LogP contribution in [0.3, 0.4) is 0 Å². The first kappa shape index (κ1) is 10.8. The van der Waals surface area contributed by atoms with E-state index < -0.39 is 0 Å². The predicted molar refractivity (Wildman–Crippen MR) is 66.8 cm³/mol. The Morgan fingerprint density at radius 1 is 1.53 bits per heavy atom. The molecule has 15 heavy (non-hydrogen) atoms. The molecule has 2 aromatic rings. The highest BCUT2D eigenvalue weighted by Crippen LogP contribution is 2.23. The monoisotopic (exact) mass is 302 g/mol. The van der Waals surface area contributed by atoms with Crippen LogP contribution in [0.1, 0.15) is 15.2 Å². The predicted octanol–water partition coefficient (Wildman–Crippen LogP) is 3.53. The number of anilines is 1. The third kappa shape index (κ3) is 2.45. The van der Waals surface area contributed by atoms with Gasteiger partial charge >= 0.3 is 0 Å². The van der Waals surface area contributed by atoms with Crippen LogP contribution in [0.4, 0.5) is 5.13 Å². The molecule has 78 valence electrons. The molecule has 0 aromatic carbocycles. The van der Waals surface area contributed by atoms with E-state index in [1.807, 2.05) is 12.3 Å². The number of halogens is 1. The minimum Gasteiger partial charge on any atom is -0.298 e. The number of aryl methyl sites for hydroxylation is 1. The SMILES string of the molecule is Cc1cnc(NC(=O)c2cscc2Br)s1. The summed E-state index contributed by atoms with van der Waals surface area (Å²) in [6.45, 7) is 1.95. The fourth-order valence-electron chi connectivity index (χ4n) is 1.02. The summed E-state index contributed by atoms with van der Waals surface area (Å²) in [5, 5.41) is 7.07. The van der Waals surface area contributed by atoms with E-state index >= 15 is 0 Å². The Bertz CT molecular complexity index is 492. The van der Waals surface area contributed by atoms with Gasteiger partial charge in [0.25, 0.3) is 5.91 Å². The summed E-state index contributed by atoms with van der Waals surface area (Å²) in [6, 6.07) is 0. The molecule has 0 aliphatic carbocycles. The molecule has 2 aromatic heterocycles. The summed E-state index contributed by atoms with van der Waals surface area (Å²) in [4.78, 5) is 16.9. The summed E-state index contributed by atoms with van der Waals surface area (Å²) in [5.74, 6) is -0.127. The van der Waals surface area contributed by atoms with Crippen molar-refractivity contribution >= 4 is 49.6 Å². The highest BCUT2D eigenvalue weighted by molar-refractivity contribution is 9.10. The second-order valence-corrected chi connectivity index (χ2v) is 5.70. The van der Waals surface area contributed by atoms with Crippen LogP contribution in [0.25, 0.3) is 0 Å². The maximum Gasteiger partial charge on any atom is 0.259 e. The minimum atomic E-state index is -0.127. The summed E-state index contributed by atoms with van der Waals surface area (Å²) < 4.78 is 0.818. The number of hydrogen-bond donors (Lipinski definition) is 1. The van der Waals surface area contributed by atoms with Crippen LogP contribution in [0.5, 0.6) is 0 Å². The number of hydrogen-bond acceptors (Lipinski definition) is 4. The molecule has 0 atom stereocenters. The Morgan fingerprint density at radius 2 is 2.33 bits per heavy atom. The maximum absolute atomic E-state index is 11.7. The number of carbonyl (C=O) groups is 1. The van der Waals surface area contributed by atoms with E-state index in [2.05, 4.69) is 26.2 Å². The van der Waals surface area contributed by atoms with Gasteiger partial charge in [-0.25, -0.2) is 4.98 Å². The molecule has 0 saturated carbocycles. The van der Waals surface area contributed by atoms with Crippen molar-refractivity contribution in [3.63, 3.8) is 0 Å². The summed E-state index contributed by atoms with van der Waals surface area (Å²) >= 11 is 6.27. The first-order valence-electron chi connectivity index (χ1n) is 4.12. The smallest absolute Gasteiger partial charge is 0.259 e. The van der Waals surface area contributed by atoms with Gasteiger partial charge in [-0.2, -0.15) is 11.3 Å². The Hall–Kier alpha value is -0.720. The van der Waals surface area contributed by atoms with Gasteiger partial charge in [0.1, 0.15) is 0 Å². The summed E-state index contributed by atoms with van der Waals surface area (Å²) in [5.41, 5.74) is 0.646. The maximum atomic E-state index is 11.7. The molecular formula is C9H7BrN2OS2. The van der Waals surface area contributed by atoms with E-state index in [0.29, 0.717) is 10.7 Å². The quantitative estimate of drug-likeness (QED) is 0.922. The second-order valence-electron chi connectivity index (χ2n) is 2.86. The molecule has 2 heterocycles. The van der Waals surface area contributed by atoms with E-state index in [0.717, 1.165) is 9.35 Å². The van der Waals surface area contributed by atoms with E-state index in [1.165, 1.54) is 22.7 Å². The second kappa shape index (κ2) is 4.42. The van der Waals surface area contributed by atoms with Gasteiger partial charge in [-0.05, 0) is 22.9 Å². The Labute approximate surface area is 103 Å². The molecule has 1 amide bonds. The number of thiophene rings is 1. The van der Waals surface area contributed by atoms with Gasteiger partial charge in [0.05, 0.1) is 5.56 Å². The van der Waals surface area contributed by atoms with E-state index in [4.69, 9.17) is 0 Å². The van der Waals surface area contributed by atoms with Crippen LogP contribution in [0.15, 0.2) is 21.4 Å². The van der Waals surface area contributed by atoms with E-state index in [1.54, 1.807) is 11.6 Å². The lowest BCUT2D eigenvalue weighted by Gasteiger charge is -1.98. The van der Waals surface area contributed by atoms with Crippen LogP contribution in [0.2, 0.25) is 0 Å². The molecule has 0 spiro atoms. The zero-order chi connectivity index (χ0) is 10.8. The zero-order valence-corrected chi connectivity index (χ0v) is 11.0. The van der Waals surface area contributed by atoms with Gasteiger partial charge < -0.3 is 0 Å². The van der Waals surface area contributed by atoms with Crippen molar-refractivity contribution in [1.82, 2.24) is 4.98 Å². The molecule has 0 fully saturated rings. The summed E-state index contributed by atoms with van der Waals surface area (Å²) in [6.07, 6.45) is 1.74. The number of carbonyl (C=O) groups excluding carboxylic acids is 1. The lowest BCUT2D eigenvalue weighted by molar-refractivity contribution is 0.102. The number of aromatic nitrogens is 1. The number of nitrogens with one attached hydrogen (secondary N) is 1. The van der Waals surface area contributed by atoms with Gasteiger partial charge in [-0.15, -0.1) is 11.3 Å². The minimum absolute atomic E-state index is 0.127. The van der Waals surface area contributed by atoms with Crippen molar-refractivity contribution in [3.05, 3.63) is 31.9 Å². The molecule has 0 bridgehead atoms. The molecule has 2 rings (SSSR count). The van der Waals surface area contributed by atoms with E-state index in [9.17, 15) is 4.79 Å². The highest BCUT2D eigenvalue weighted by atomic mass is 79.9. The van der Waals surface area contributed by atoms with Crippen molar-refractivity contribution < 1.29 is 4.79 Å². The molecule has 1 N–H and O–H groups in total. The van der Waals surface area contributed by atoms with Crippen molar-refractivity contribution in [2.75, 3.05) is 5.32 Å². The first-order valence-corrected chi connectivity index (χ1v) is 6.67. The zero-order valence-electron chi connectivity index (χ0n) is 7.78. The molecular weight excluding hydrogens is 296 g/mol. The number of amides is 1. The van der Waals surface area contributed by atoms with Gasteiger partial charge in [-0.1, -0.05) is 0 Å². The fourth-order valence-corrected chi connectivity index (χ4v) is 3.13. The van der Waals surface area contributed by atoms with Crippen molar-refractivity contribution in [2.45, 2.75) is 6.92 Å². The van der Waals surface area contributed by atoms with Crippen LogP contribution in [0, 0.1) is 6.92 Å². The van der Waals surface area contributed by atoms with Crippen LogP contribution in [-0.4, -0.2) is 10.9 Å². The largest absolute Gasteiger partial charge is 0.298 e. The molecule has 0 aliphatic heterocycles. The molecule has 0 radical (unpaired) electrons. The Kier molecular flexibility index (Phi) is 3.18. The van der Waals surface area contributed by atoms with Crippen molar-refractivity contribution in [3.8, 4) is 0 Å². The molecule has 3 nitrogen and oxygen atoms in total. The van der Waals surface area contributed by atoms with Gasteiger partial charge in [0.2, 0.25) is 0 Å². The first-order chi connectivity index (χ1) is 7.16. The Balaban J connectivity index is 2.14. The third-order valence-electron chi connectivity index (χ3n) is 1.70. The highest BCUT2D eigenvalue weighted by Gasteiger charge is 2.12. The normalized spacial score (nSPS) is 10.3.